The molecule has 138 valence electrons. The van der Waals surface area contributed by atoms with Crippen LogP contribution in [0, 0.1) is 11.8 Å². The summed E-state index contributed by atoms with van der Waals surface area (Å²) in [4.78, 5) is 25.6. The fourth-order valence-corrected chi connectivity index (χ4v) is 3.75. The Morgan fingerprint density at radius 1 is 1.12 bits per heavy atom. The monoisotopic (exact) mass is 345 g/mol. The van der Waals surface area contributed by atoms with E-state index >= 15 is 0 Å². The van der Waals surface area contributed by atoms with Crippen molar-refractivity contribution < 1.29 is 4.79 Å². The molecule has 25 heavy (non-hydrogen) atoms. The second kappa shape index (κ2) is 8.02. The van der Waals surface area contributed by atoms with Gasteiger partial charge < -0.3 is 15.1 Å². The molecule has 2 aliphatic rings. The molecule has 3 rings (SSSR count). The summed E-state index contributed by atoms with van der Waals surface area (Å²) in [6, 6.07) is 2.32. The van der Waals surface area contributed by atoms with Crippen LogP contribution in [0.4, 0.5) is 11.6 Å². The third-order valence-corrected chi connectivity index (χ3v) is 5.24. The van der Waals surface area contributed by atoms with Gasteiger partial charge in [-0.2, -0.15) is 0 Å². The van der Waals surface area contributed by atoms with E-state index < -0.39 is 0 Å². The van der Waals surface area contributed by atoms with Crippen LogP contribution in [0.3, 0.4) is 0 Å². The van der Waals surface area contributed by atoms with E-state index in [1.165, 1.54) is 12.8 Å². The molecule has 0 bridgehead atoms. The molecule has 1 amide bonds. The van der Waals surface area contributed by atoms with Crippen molar-refractivity contribution in [3.05, 3.63) is 12.4 Å². The molecule has 2 atom stereocenters. The molecule has 6 nitrogen and oxygen atoms in total. The zero-order valence-corrected chi connectivity index (χ0v) is 15.7. The standard InChI is InChI=1S/C19H31N5O/c1-14(2)19(25)22-16-7-5-9-24(12-16)18-10-17(20-13-21-18)23-8-4-6-15(3)11-23/h10,13-16H,4-9,11-12H2,1-3H3,(H,22,25). The van der Waals surface area contributed by atoms with Crippen molar-refractivity contribution in [1.29, 1.82) is 0 Å². The molecule has 1 aromatic heterocycles. The van der Waals surface area contributed by atoms with Crippen LogP contribution in [0.2, 0.25) is 0 Å². The van der Waals surface area contributed by atoms with Gasteiger partial charge >= 0.3 is 0 Å². The van der Waals surface area contributed by atoms with Gasteiger partial charge in [0.05, 0.1) is 0 Å². The van der Waals surface area contributed by atoms with Gasteiger partial charge in [0.15, 0.2) is 0 Å². The van der Waals surface area contributed by atoms with Gasteiger partial charge in [-0.15, -0.1) is 0 Å². The average Bonchev–Trinajstić information content (AvgIpc) is 2.62. The number of rotatable bonds is 4. The van der Waals surface area contributed by atoms with E-state index in [0.717, 1.165) is 56.6 Å². The Kier molecular flexibility index (Phi) is 5.76. The van der Waals surface area contributed by atoms with Crippen molar-refractivity contribution in [3.8, 4) is 0 Å². The lowest BCUT2D eigenvalue weighted by molar-refractivity contribution is -0.124. The van der Waals surface area contributed by atoms with E-state index in [-0.39, 0.29) is 17.9 Å². The van der Waals surface area contributed by atoms with E-state index in [2.05, 4.69) is 38.1 Å². The molecule has 2 aliphatic heterocycles. The van der Waals surface area contributed by atoms with Crippen LogP contribution in [0.25, 0.3) is 0 Å². The normalized spacial score (nSPS) is 24.5. The van der Waals surface area contributed by atoms with E-state index in [1.807, 2.05) is 13.8 Å². The van der Waals surface area contributed by atoms with Gasteiger partial charge in [-0.25, -0.2) is 9.97 Å². The molecular weight excluding hydrogens is 314 g/mol. The number of aromatic nitrogens is 2. The van der Waals surface area contributed by atoms with Gasteiger partial charge in [0.2, 0.25) is 5.91 Å². The van der Waals surface area contributed by atoms with Crippen molar-refractivity contribution in [2.24, 2.45) is 11.8 Å². The summed E-state index contributed by atoms with van der Waals surface area (Å²) in [5.74, 6) is 2.90. The first-order chi connectivity index (χ1) is 12.0. The van der Waals surface area contributed by atoms with Gasteiger partial charge in [0, 0.05) is 44.2 Å². The fraction of sp³-hybridized carbons (Fsp3) is 0.737. The Labute approximate surface area is 151 Å². The second-order valence-corrected chi connectivity index (χ2v) is 7.88. The van der Waals surface area contributed by atoms with Crippen LogP contribution in [0.5, 0.6) is 0 Å². The van der Waals surface area contributed by atoms with E-state index in [9.17, 15) is 4.79 Å². The van der Waals surface area contributed by atoms with Gasteiger partial charge in [-0.1, -0.05) is 20.8 Å². The Morgan fingerprint density at radius 2 is 1.76 bits per heavy atom. The van der Waals surface area contributed by atoms with Gasteiger partial charge in [-0.05, 0) is 31.6 Å². The van der Waals surface area contributed by atoms with Gasteiger partial charge in [-0.3, -0.25) is 4.79 Å². The Morgan fingerprint density at radius 3 is 2.40 bits per heavy atom. The molecule has 1 N–H and O–H groups in total. The summed E-state index contributed by atoms with van der Waals surface area (Å²) >= 11 is 0. The number of nitrogens with zero attached hydrogens (tertiary/aromatic N) is 4. The van der Waals surface area contributed by atoms with E-state index in [4.69, 9.17) is 0 Å². The summed E-state index contributed by atoms with van der Waals surface area (Å²) in [6.45, 7) is 10.1. The summed E-state index contributed by atoms with van der Waals surface area (Å²) < 4.78 is 0. The smallest absolute Gasteiger partial charge is 0.222 e. The number of amides is 1. The molecule has 3 heterocycles. The first-order valence-corrected chi connectivity index (χ1v) is 9.65. The minimum absolute atomic E-state index is 0.0297. The quantitative estimate of drug-likeness (QED) is 0.908. The van der Waals surface area contributed by atoms with Crippen molar-refractivity contribution in [2.45, 2.75) is 52.5 Å². The molecule has 2 saturated heterocycles. The predicted octanol–water partition coefficient (Wildman–Crippen LogP) is 2.45. The van der Waals surface area contributed by atoms with Crippen molar-refractivity contribution in [2.75, 3.05) is 36.0 Å². The topological polar surface area (TPSA) is 61.4 Å². The zero-order valence-electron chi connectivity index (χ0n) is 15.7. The molecule has 0 saturated carbocycles. The number of nitrogens with one attached hydrogen (secondary N) is 1. The lowest BCUT2D eigenvalue weighted by Gasteiger charge is -2.35. The highest BCUT2D eigenvalue weighted by molar-refractivity contribution is 5.78. The number of anilines is 2. The highest BCUT2D eigenvalue weighted by atomic mass is 16.1. The molecule has 0 radical (unpaired) electrons. The number of piperidine rings is 2. The summed E-state index contributed by atoms with van der Waals surface area (Å²) in [7, 11) is 0. The highest BCUT2D eigenvalue weighted by Crippen LogP contribution is 2.25. The highest BCUT2D eigenvalue weighted by Gasteiger charge is 2.24. The third-order valence-electron chi connectivity index (χ3n) is 5.24. The first kappa shape index (κ1) is 18.0. The maximum Gasteiger partial charge on any atom is 0.222 e. The average molecular weight is 345 g/mol. The minimum Gasteiger partial charge on any atom is -0.356 e. The van der Waals surface area contributed by atoms with Crippen LogP contribution in [0.1, 0.15) is 46.5 Å². The zero-order chi connectivity index (χ0) is 17.8. The Hall–Kier alpha value is -1.85. The fourth-order valence-electron chi connectivity index (χ4n) is 3.75. The van der Waals surface area contributed by atoms with E-state index in [1.54, 1.807) is 6.33 Å². The molecular formula is C19H31N5O. The summed E-state index contributed by atoms with van der Waals surface area (Å²) in [6.07, 6.45) is 6.32. The number of hydrogen-bond acceptors (Lipinski definition) is 5. The maximum absolute atomic E-state index is 12.0. The molecule has 2 fully saturated rings. The largest absolute Gasteiger partial charge is 0.356 e. The number of hydrogen-bond donors (Lipinski definition) is 1. The third kappa shape index (κ3) is 4.61. The first-order valence-electron chi connectivity index (χ1n) is 9.65. The molecule has 0 spiro atoms. The van der Waals surface area contributed by atoms with Crippen LogP contribution in [-0.4, -0.2) is 48.1 Å². The van der Waals surface area contributed by atoms with Crippen molar-refractivity contribution >= 4 is 17.5 Å². The lowest BCUT2D eigenvalue weighted by atomic mass is 10.0. The van der Waals surface area contributed by atoms with Crippen molar-refractivity contribution in [3.63, 3.8) is 0 Å². The Balaban J connectivity index is 1.66. The number of carbonyl (C=O) groups is 1. The Bertz CT molecular complexity index is 591. The van der Waals surface area contributed by atoms with Crippen LogP contribution < -0.4 is 15.1 Å². The van der Waals surface area contributed by atoms with Crippen LogP contribution in [-0.2, 0) is 4.79 Å². The maximum atomic E-state index is 12.0. The molecule has 0 aromatic carbocycles. The summed E-state index contributed by atoms with van der Waals surface area (Å²) in [5.41, 5.74) is 0. The summed E-state index contributed by atoms with van der Waals surface area (Å²) in [5, 5.41) is 3.17. The van der Waals surface area contributed by atoms with Gasteiger partial charge in [0.1, 0.15) is 18.0 Å². The second-order valence-electron chi connectivity index (χ2n) is 7.88. The number of carbonyl (C=O) groups excluding carboxylic acids is 1. The lowest BCUT2D eigenvalue weighted by Crippen LogP contribution is -2.49. The molecule has 2 unspecified atom stereocenters. The van der Waals surface area contributed by atoms with Gasteiger partial charge in [0.25, 0.3) is 0 Å². The van der Waals surface area contributed by atoms with Crippen LogP contribution >= 0.6 is 0 Å². The minimum atomic E-state index is 0.0297. The molecule has 0 aliphatic carbocycles. The predicted molar refractivity (Wildman–Crippen MR) is 101 cm³/mol. The molecule has 6 heteroatoms. The van der Waals surface area contributed by atoms with E-state index in [0.29, 0.717) is 0 Å². The van der Waals surface area contributed by atoms with Crippen molar-refractivity contribution in [1.82, 2.24) is 15.3 Å². The van der Waals surface area contributed by atoms with Crippen LogP contribution in [0.15, 0.2) is 12.4 Å². The SMILES string of the molecule is CC1CCCN(c2cc(N3CCCC(NC(=O)C(C)C)C3)ncn2)C1. The molecule has 1 aromatic rings.